The number of amides is 1. The number of methoxy groups -OCH3 is 2. The maximum absolute atomic E-state index is 11.3. The van der Waals surface area contributed by atoms with Gasteiger partial charge in [-0.2, -0.15) is 0 Å². The number of benzene rings is 1. The molecule has 6 nitrogen and oxygen atoms in total. The molecule has 0 saturated carbocycles. The molecule has 1 rings (SSSR count). The standard InChI is InChI=1S/C12H15NO5/c1-7(11(13)14)18-9-5-4-8(12(15)17-3)6-10(9)16-2/h4-7H,1-3H3,(H2,13,14)/t7-/m0/s1. The molecular weight excluding hydrogens is 238 g/mol. The van der Waals surface area contributed by atoms with Crippen molar-refractivity contribution in [3.63, 3.8) is 0 Å². The zero-order chi connectivity index (χ0) is 13.7. The van der Waals surface area contributed by atoms with Crippen LogP contribution in [0.15, 0.2) is 18.2 Å². The predicted molar refractivity (Wildman–Crippen MR) is 63.6 cm³/mol. The smallest absolute Gasteiger partial charge is 0.337 e. The minimum absolute atomic E-state index is 0.325. The molecular formula is C12H15NO5. The van der Waals surface area contributed by atoms with Crippen LogP contribution >= 0.6 is 0 Å². The highest BCUT2D eigenvalue weighted by atomic mass is 16.5. The summed E-state index contributed by atoms with van der Waals surface area (Å²) in [6, 6.07) is 4.50. The molecule has 0 spiro atoms. The molecule has 1 amide bonds. The second kappa shape index (κ2) is 5.90. The van der Waals surface area contributed by atoms with E-state index in [4.69, 9.17) is 15.2 Å². The third-order valence-electron chi connectivity index (χ3n) is 2.29. The molecule has 0 heterocycles. The Kier molecular flexibility index (Phi) is 4.53. The Bertz CT molecular complexity index is 458. The van der Waals surface area contributed by atoms with Crippen LogP contribution in [-0.4, -0.2) is 32.2 Å². The lowest BCUT2D eigenvalue weighted by Crippen LogP contribution is -2.30. The maximum Gasteiger partial charge on any atom is 0.337 e. The summed E-state index contributed by atoms with van der Waals surface area (Å²) in [6.07, 6.45) is -0.789. The van der Waals surface area contributed by atoms with Crippen molar-refractivity contribution in [3.05, 3.63) is 23.8 Å². The molecule has 98 valence electrons. The van der Waals surface area contributed by atoms with Crippen molar-refractivity contribution >= 4 is 11.9 Å². The topological polar surface area (TPSA) is 87.9 Å². The SMILES string of the molecule is COC(=O)c1ccc(O[C@@H](C)C(N)=O)c(OC)c1. The molecule has 1 aromatic carbocycles. The molecule has 0 fully saturated rings. The van der Waals surface area contributed by atoms with E-state index in [0.29, 0.717) is 17.1 Å². The fourth-order valence-corrected chi connectivity index (χ4v) is 1.26. The largest absolute Gasteiger partial charge is 0.493 e. The van der Waals surface area contributed by atoms with Crippen LogP contribution in [0.5, 0.6) is 11.5 Å². The third kappa shape index (κ3) is 3.13. The van der Waals surface area contributed by atoms with Crippen LogP contribution in [0.25, 0.3) is 0 Å². The molecule has 1 atom stereocenters. The van der Waals surface area contributed by atoms with Gasteiger partial charge in [0.15, 0.2) is 17.6 Å². The van der Waals surface area contributed by atoms with Gasteiger partial charge in [0.25, 0.3) is 5.91 Å². The third-order valence-corrected chi connectivity index (χ3v) is 2.29. The van der Waals surface area contributed by atoms with Gasteiger partial charge in [0.1, 0.15) is 0 Å². The summed E-state index contributed by atoms with van der Waals surface area (Å²) in [5.41, 5.74) is 5.42. The van der Waals surface area contributed by atoms with E-state index >= 15 is 0 Å². The molecule has 0 aliphatic rings. The van der Waals surface area contributed by atoms with Crippen LogP contribution < -0.4 is 15.2 Å². The van der Waals surface area contributed by atoms with Crippen molar-refractivity contribution < 1.29 is 23.8 Å². The van der Waals surface area contributed by atoms with E-state index in [-0.39, 0.29) is 0 Å². The maximum atomic E-state index is 11.3. The summed E-state index contributed by atoms with van der Waals surface area (Å²) in [7, 11) is 2.71. The lowest BCUT2D eigenvalue weighted by Gasteiger charge is -2.14. The summed E-state index contributed by atoms with van der Waals surface area (Å²) in [5.74, 6) is -0.417. The minimum atomic E-state index is -0.789. The summed E-state index contributed by atoms with van der Waals surface area (Å²) in [5, 5.41) is 0. The Hall–Kier alpha value is -2.24. The van der Waals surface area contributed by atoms with E-state index in [1.807, 2.05) is 0 Å². The average Bonchev–Trinajstić information content (AvgIpc) is 2.37. The van der Waals surface area contributed by atoms with Gasteiger partial charge in [-0.15, -0.1) is 0 Å². The van der Waals surface area contributed by atoms with Gasteiger partial charge in [-0.25, -0.2) is 4.79 Å². The van der Waals surface area contributed by atoms with Crippen molar-refractivity contribution in [1.29, 1.82) is 0 Å². The number of hydrogen-bond donors (Lipinski definition) is 1. The minimum Gasteiger partial charge on any atom is -0.493 e. The van der Waals surface area contributed by atoms with Gasteiger partial charge in [0.05, 0.1) is 19.8 Å². The Labute approximate surface area is 105 Å². The van der Waals surface area contributed by atoms with Gasteiger partial charge in [-0.1, -0.05) is 0 Å². The van der Waals surface area contributed by atoms with Gasteiger partial charge >= 0.3 is 5.97 Å². The number of ether oxygens (including phenoxy) is 3. The summed E-state index contributed by atoms with van der Waals surface area (Å²) < 4.78 is 15.0. The van der Waals surface area contributed by atoms with E-state index < -0.39 is 18.0 Å². The number of esters is 1. The highest BCUT2D eigenvalue weighted by molar-refractivity contribution is 5.90. The van der Waals surface area contributed by atoms with Crippen LogP contribution in [-0.2, 0) is 9.53 Å². The van der Waals surface area contributed by atoms with Gasteiger partial charge in [0.2, 0.25) is 0 Å². The Morgan fingerprint density at radius 3 is 2.39 bits per heavy atom. The fourth-order valence-electron chi connectivity index (χ4n) is 1.26. The molecule has 0 aromatic heterocycles. The van der Waals surface area contributed by atoms with Crippen LogP contribution in [0.3, 0.4) is 0 Å². The highest BCUT2D eigenvalue weighted by Gasteiger charge is 2.15. The highest BCUT2D eigenvalue weighted by Crippen LogP contribution is 2.29. The van der Waals surface area contributed by atoms with Gasteiger partial charge < -0.3 is 19.9 Å². The zero-order valence-corrected chi connectivity index (χ0v) is 10.4. The number of primary amides is 1. The molecule has 0 bridgehead atoms. The Balaban J connectivity index is 3.00. The Morgan fingerprint density at radius 2 is 1.89 bits per heavy atom. The first-order valence-electron chi connectivity index (χ1n) is 5.22. The van der Waals surface area contributed by atoms with Gasteiger partial charge in [-0.3, -0.25) is 4.79 Å². The summed E-state index contributed by atoms with van der Waals surface area (Å²) >= 11 is 0. The summed E-state index contributed by atoms with van der Waals surface area (Å²) in [6.45, 7) is 1.52. The second-order valence-electron chi connectivity index (χ2n) is 3.52. The van der Waals surface area contributed by atoms with Crippen molar-refractivity contribution in [2.75, 3.05) is 14.2 Å². The molecule has 6 heteroatoms. The van der Waals surface area contributed by atoms with E-state index in [0.717, 1.165) is 0 Å². The van der Waals surface area contributed by atoms with E-state index in [2.05, 4.69) is 4.74 Å². The first-order valence-corrected chi connectivity index (χ1v) is 5.22. The van der Waals surface area contributed by atoms with Crippen LogP contribution in [0.4, 0.5) is 0 Å². The van der Waals surface area contributed by atoms with Crippen LogP contribution in [0.2, 0.25) is 0 Å². The molecule has 0 radical (unpaired) electrons. The first kappa shape index (κ1) is 13.8. The van der Waals surface area contributed by atoms with Crippen LogP contribution in [0, 0.1) is 0 Å². The number of rotatable bonds is 5. The molecule has 0 aliphatic carbocycles. The predicted octanol–water partition coefficient (Wildman–Crippen LogP) is 0.734. The quantitative estimate of drug-likeness (QED) is 0.782. The van der Waals surface area contributed by atoms with E-state index in [9.17, 15) is 9.59 Å². The molecule has 2 N–H and O–H groups in total. The average molecular weight is 253 g/mol. The Morgan fingerprint density at radius 1 is 1.22 bits per heavy atom. The molecule has 0 aliphatic heterocycles. The van der Waals surface area contributed by atoms with Gasteiger partial charge in [0, 0.05) is 0 Å². The molecule has 1 aromatic rings. The van der Waals surface area contributed by atoms with E-state index in [1.165, 1.54) is 39.3 Å². The molecule has 0 saturated heterocycles. The lowest BCUT2D eigenvalue weighted by atomic mass is 10.2. The van der Waals surface area contributed by atoms with Crippen LogP contribution in [0.1, 0.15) is 17.3 Å². The number of carbonyl (C=O) groups is 2. The zero-order valence-electron chi connectivity index (χ0n) is 10.4. The number of nitrogens with two attached hydrogens (primary N) is 1. The first-order chi connectivity index (χ1) is 8.49. The van der Waals surface area contributed by atoms with Crippen molar-refractivity contribution in [3.8, 4) is 11.5 Å². The monoisotopic (exact) mass is 253 g/mol. The fraction of sp³-hybridized carbons (Fsp3) is 0.333. The summed E-state index contributed by atoms with van der Waals surface area (Å²) in [4.78, 5) is 22.2. The second-order valence-corrected chi connectivity index (χ2v) is 3.52. The van der Waals surface area contributed by atoms with E-state index in [1.54, 1.807) is 0 Å². The van der Waals surface area contributed by atoms with Crippen molar-refractivity contribution in [2.24, 2.45) is 5.73 Å². The normalized spacial score (nSPS) is 11.5. The molecule has 0 unspecified atom stereocenters. The number of carbonyl (C=O) groups excluding carboxylic acids is 2. The lowest BCUT2D eigenvalue weighted by molar-refractivity contribution is -0.124. The van der Waals surface area contributed by atoms with Crippen molar-refractivity contribution in [1.82, 2.24) is 0 Å². The van der Waals surface area contributed by atoms with Gasteiger partial charge in [-0.05, 0) is 25.1 Å². The number of hydrogen-bond acceptors (Lipinski definition) is 5. The molecule has 18 heavy (non-hydrogen) atoms. The van der Waals surface area contributed by atoms with Crippen molar-refractivity contribution in [2.45, 2.75) is 13.0 Å².